The van der Waals surface area contributed by atoms with Crippen molar-refractivity contribution < 1.29 is 0 Å². The van der Waals surface area contributed by atoms with Gasteiger partial charge in [0.15, 0.2) is 0 Å². The number of dihydropyridines is 1. The van der Waals surface area contributed by atoms with Crippen LogP contribution in [0.25, 0.3) is 10.9 Å². The first-order chi connectivity index (χ1) is 9.92. The second kappa shape index (κ2) is 4.91. The zero-order valence-corrected chi connectivity index (χ0v) is 11.5. The molecular weight excluding hydrogens is 246 g/mol. The van der Waals surface area contributed by atoms with Gasteiger partial charge in [-0.05, 0) is 43.5 Å². The molecule has 1 aromatic carbocycles. The van der Waals surface area contributed by atoms with Gasteiger partial charge in [0.05, 0.1) is 5.71 Å². The molecule has 2 aliphatic rings. The van der Waals surface area contributed by atoms with Gasteiger partial charge in [0.2, 0.25) is 0 Å². The van der Waals surface area contributed by atoms with E-state index in [2.05, 4.69) is 46.8 Å². The number of aromatic amines is 1. The van der Waals surface area contributed by atoms with E-state index in [9.17, 15) is 0 Å². The van der Waals surface area contributed by atoms with Crippen LogP contribution >= 0.6 is 0 Å². The van der Waals surface area contributed by atoms with Gasteiger partial charge in [-0.25, -0.2) is 0 Å². The SMILES string of the molecule is C1=C([C@@H]2CCCN2)CCN=C1c1c[nH]c2ccccc12. The topological polar surface area (TPSA) is 40.2 Å². The van der Waals surface area contributed by atoms with E-state index in [4.69, 9.17) is 4.99 Å². The molecular formula is C17H19N3. The first kappa shape index (κ1) is 11.9. The predicted molar refractivity (Wildman–Crippen MR) is 83.4 cm³/mol. The summed E-state index contributed by atoms with van der Waals surface area (Å²) < 4.78 is 0. The van der Waals surface area contributed by atoms with Crippen molar-refractivity contribution in [2.45, 2.75) is 25.3 Å². The first-order valence-corrected chi connectivity index (χ1v) is 7.46. The standard InChI is InChI=1S/C17H19N3/c1-2-5-16-13(4-1)14(11-20-16)17-10-12(7-9-19-17)15-6-3-8-18-15/h1-2,4-5,10-11,15,18,20H,3,6-9H2/t15-/m0/s1. The summed E-state index contributed by atoms with van der Waals surface area (Å²) >= 11 is 0. The Hall–Kier alpha value is -1.87. The summed E-state index contributed by atoms with van der Waals surface area (Å²) in [4.78, 5) is 8.08. The molecule has 102 valence electrons. The van der Waals surface area contributed by atoms with Crippen molar-refractivity contribution in [3.8, 4) is 0 Å². The Kier molecular flexibility index (Phi) is 2.92. The molecule has 1 aromatic heterocycles. The van der Waals surface area contributed by atoms with E-state index in [0.29, 0.717) is 6.04 Å². The van der Waals surface area contributed by atoms with Gasteiger partial charge < -0.3 is 10.3 Å². The van der Waals surface area contributed by atoms with Gasteiger partial charge in [-0.1, -0.05) is 18.2 Å². The molecule has 0 unspecified atom stereocenters. The van der Waals surface area contributed by atoms with Crippen LogP contribution in [0.3, 0.4) is 0 Å². The smallest absolute Gasteiger partial charge is 0.0668 e. The Balaban J connectivity index is 1.72. The molecule has 2 aliphatic heterocycles. The molecule has 0 spiro atoms. The number of allylic oxidation sites excluding steroid dienone is 1. The van der Waals surface area contributed by atoms with Crippen LogP contribution in [0.15, 0.2) is 47.1 Å². The van der Waals surface area contributed by atoms with Crippen LogP contribution in [0.5, 0.6) is 0 Å². The highest BCUT2D eigenvalue weighted by atomic mass is 14.9. The summed E-state index contributed by atoms with van der Waals surface area (Å²) in [5.41, 5.74) is 5.08. The van der Waals surface area contributed by atoms with E-state index >= 15 is 0 Å². The maximum absolute atomic E-state index is 4.74. The molecule has 20 heavy (non-hydrogen) atoms. The average Bonchev–Trinajstić information content (AvgIpc) is 3.17. The maximum atomic E-state index is 4.74. The number of hydrogen-bond acceptors (Lipinski definition) is 2. The van der Waals surface area contributed by atoms with Crippen LogP contribution in [-0.2, 0) is 0 Å². The normalized spacial score (nSPS) is 22.9. The van der Waals surface area contributed by atoms with Crippen molar-refractivity contribution in [1.82, 2.24) is 10.3 Å². The minimum absolute atomic E-state index is 0.575. The first-order valence-electron chi connectivity index (χ1n) is 7.46. The molecule has 1 atom stereocenters. The number of para-hydroxylation sites is 1. The zero-order chi connectivity index (χ0) is 13.4. The number of rotatable bonds is 2. The minimum atomic E-state index is 0.575. The van der Waals surface area contributed by atoms with E-state index in [1.165, 1.54) is 34.9 Å². The van der Waals surface area contributed by atoms with E-state index in [1.807, 2.05) is 0 Å². The number of nitrogens with zero attached hydrogens (tertiary/aromatic N) is 1. The molecule has 0 radical (unpaired) electrons. The number of benzene rings is 1. The number of hydrogen-bond donors (Lipinski definition) is 2. The van der Waals surface area contributed by atoms with Crippen LogP contribution in [0, 0.1) is 0 Å². The van der Waals surface area contributed by atoms with Gasteiger partial charge in [0, 0.05) is 35.2 Å². The minimum Gasteiger partial charge on any atom is -0.360 e. The predicted octanol–water partition coefficient (Wildman–Crippen LogP) is 3.04. The molecule has 0 saturated carbocycles. The van der Waals surface area contributed by atoms with Crippen molar-refractivity contribution >= 4 is 16.6 Å². The van der Waals surface area contributed by atoms with Crippen molar-refractivity contribution in [3.63, 3.8) is 0 Å². The third-order valence-corrected chi connectivity index (χ3v) is 4.38. The summed E-state index contributed by atoms with van der Waals surface area (Å²) in [7, 11) is 0. The van der Waals surface area contributed by atoms with Crippen LogP contribution in [0.1, 0.15) is 24.8 Å². The largest absolute Gasteiger partial charge is 0.360 e. The highest BCUT2D eigenvalue weighted by Crippen LogP contribution is 2.25. The second-order valence-corrected chi connectivity index (χ2v) is 5.63. The van der Waals surface area contributed by atoms with Crippen LogP contribution in [-0.4, -0.2) is 29.8 Å². The number of fused-ring (bicyclic) bond motifs is 1. The quantitative estimate of drug-likeness (QED) is 0.861. The van der Waals surface area contributed by atoms with E-state index in [1.54, 1.807) is 0 Å². The lowest BCUT2D eigenvalue weighted by Gasteiger charge is -2.19. The molecule has 1 fully saturated rings. The third-order valence-electron chi connectivity index (χ3n) is 4.38. The summed E-state index contributed by atoms with van der Waals surface area (Å²) in [5.74, 6) is 0. The van der Waals surface area contributed by atoms with Gasteiger partial charge >= 0.3 is 0 Å². The Bertz CT molecular complexity index is 687. The number of H-pyrrole nitrogens is 1. The molecule has 1 saturated heterocycles. The van der Waals surface area contributed by atoms with Crippen molar-refractivity contribution in [2.24, 2.45) is 4.99 Å². The van der Waals surface area contributed by atoms with Crippen molar-refractivity contribution in [1.29, 1.82) is 0 Å². The fraction of sp³-hybridized carbons (Fsp3) is 0.353. The zero-order valence-electron chi connectivity index (χ0n) is 11.5. The lowest BCUT2D eigenvalue weighted by molar-refractivity contribution is 0.656. The van der Waals surface area contributed by atoms with E-state index < -0.39 is 0 Å². The summed E-state index contributed by atoms with van der Waals surface area (Å²) in [6.07, 6.45) is 8.06. The van der Waals surface area contributed by atoms with Gasteiger partial charge in [0.1, 0.15) is 0 Å². The van der Waals surface area contributed by atoms with Crippen LogP contribution < -0.4 is 5.32 Å². The number of aliphatic imine (C=N–C) groups is 1. The fourth-order valence-electron chi connectivity index (χ4n) is 3.32. The van der Waals surface area contributed by atoms with E-state index in [-0.39, 0.29) is 0 Å². The number of aromatic nitrogens is 1. The number of nitrogens with one attached hydrogen (secondary N) is 2. The Morgan fingerprint density at radius 3 is 3.05 bits per heavy atom. The highest BCUT2D eigenvalue weighted by molar-refractivity contribution is 6.16. The molecule has 0 bridgehead atoms. The van der Waals surface area contributed by atoms with Crippen LogP contribution in [0.2, 0.25) is 0 Å². The maximum Gasteiger partial charge on any atom is 0.0668 e. The van der Waals surface area contributed by atoms with E-state index in [0.717, 1.165) is 25.2 Å². The molecule has 2 N–H and O–H groups in total. The average molecular weight is 265 g/mol. The van der Waals surface area contributed by atoms with Crippen LogP contribution in [0.4, 0.5) is 0 Å². The lowest BCUT2D eigenvalue weighted by atomic mass is 9.96. The fourth-order valence-corrected chi connectivity index (χ4v) is 3.32. The monoisotopic (exact) mass is 265 g/mol. The Labute approximate surface area is 118 Å². The van der Waals surface area contributed by atoms with Gasteiger partial charge in [-0.2, -0.15) is 0 Å². The van der Waals surface area contributed by atoms with Gasteiger partial charge in [0.25, 0.3) is 0 Å². The Morgan fingerprint density at radius 1 is 1.20 bits per heavy atom. The molecule has 0 amide bonds. The molecule has 3 nitrogen and oxygen atoms in total. The summed E-state index contributed by atoms with van der Waals surface area (Å²) in [6.45, 7) is 2.07. The van der Waals surface area contributed by atoms with Crippen molar-refractivity contribution in [3.05, 3.63) is 47.7 Å². The summed E-state index contributed by atoms with van der Waals surface area (Å²) in [6, 6.07) is 9.01. The molecule has 0 aliphatic carbocycles. The molecule has 3 heteroatoms. The van der Waals surface area contributed by atoms with Crippen molar-refractivity contribution in [2.75, 3.05) is 13.1 Å². The Morgan fingerprint density at radius 2 is 2.15 bits per heavy atom. The second-order valence-electron chi connectivity index (χ2n) is 5.63. The summed E-state index contributed by atoms with van der Waals surface area (Å²) in [5, 5.41) is 4.87. The molecule has 4 rings (SSSR count). The van der Waals surface area contributed by atoms with Gasteiger partial charge in [-0.3, -0.25) is 4.99 Å². The molecule has 2 aromatic rings. The molecule has 3 heterocycles. The van der Waals surface area contributed by atoms with Gasteiger partial charge in [-0.15, -0.1) is 0 Å². The highest BCUT2D eigenvalue weighted by Gasteiger charge is 2.21. The third kappa shape index (κ3) is 1.98. The lowest BCUT2D eigenvalue weighted by Crippen LogP contribution is -2.26.